The summed E-state index contributed by atoms with van der Waals surface area (Å²) in [5.74, 6) is 1.53. The highest BCUT2D eigenvalue weighted by molar-refractivity contribution is 5.94. The van der Waals surface area contributed by atoms with Gasteiger partial charge in [0.05, 0.1) is 12.7 Å². The van der Waals surface area contributed by atoms with Crippen molar-refractivity contribution < 1.29 is 15.0 Å². The smallest absolute Gasteiger partial charge is 0.159 e. The van der Waals surface area contributed by atoms with Gasteiger partial charge in [-0.1, -0.05) is 25.8 Å². The maximum atomic E-state index is 13.1. The van der Waals surface area contributed by atoms with E-state index in [1.54, 1.807) is 0 Å². The molecule has 24 heavy (non-hydrogen) atoms. The molecule has 2 unspecified atom stereocenters. The van der Waals surface area contributed by atoms with E-state index in [9.17, 15) is 15.0 Å². The van der Waals surface area contributed by atoms with Crippen molar-refractivity contribution in [1.82, 2.24) is 0 Å². The zero-order valence-corrected chi connectivity index (χ0v) is 15.1. The lowest BCUT2D eigenvalue weighted by Gasteiger charge is -2.57. The first-order valence-corrected chi connectivity index (χ1v) is 9.95. The van der Waals surface area contributed by atoms with Crippen molar-refractivity contribution in [1.29, 1.82) is 0 Å². The highest BCUT2D eigenvalue weighted by atomic mass is 16.3. The third kappa shape index (κ3) is 2.13. The van der Waals surface area contributed by atoms with Crippen molar-refractivity contribution in [2.45, 2.75) is 71.3 Å². The van der Waals surface area contributed by atoms with Crippen molar-refractivity contribution in [3.05, 3.63) is 11.6 Å². The van der Waals surface area contributed by atoms with E-state index in [4.69, 9.17) is 0 Å². The molecule has 3 heteroatoms. The molecular weight excluding hydrogens is 300 g/mol. The van der Waals surface area contributed by atoms with Gasteiger partial charge in [0.15, 0.2) is 5.78 Å². The fraction of sp³-hybridized carbons (Fsp3) is 0.857. The van der Waals surface area contributed by atoms with E-state index in [0.29, 0.717) is 17.6 Å². The number of hydrogen-bond donors (Lipinski definition) is 2. The fourth-order valence-corrected chi connectivity index (χ4v) is 7.23. The Morgan fingerprint density at radius 1 is 1.17 bits per heavy atom. The lowest BCUT2D eigenvalue weighted by molar-refractivity contribution is -0.136. The Hall–Kier alpha value is -0.670. The molecule has 4 aliphatic rings. The van der Waals surface area contributed by atoms with E-state index in [0.717, 1.165) is 32.1 Å². The molecule has 0 radical (unpaired) electrons. The van der Waals surface area contributed by atoms with Crippen molar-refractivity contribution in [2.75, 3.05) is 6.61 Å². The predicted octanol–water partition coefficient (Wildman–Crippen LogP) is 3.49. The lowest BCUT2D eigenvalue weighted by atomic mass is 9.47. The summed E-state index contributed by atoms with van der Waals surface area (Å²) < 4.78 is 0. The number of hydrogen-bond acceptors (Lipinski definition) is 3. The molecule has 0 aromatic heterocycles. The van der Waals surface area contributed by atoms with Crippen molar-refractivity contribution in [2.24, 2.45) is 34.5 Å². The van der Waals surface area contributed by atoms with Gasteiger partial charge in [0.2, 0.25) is 0 Å². The van der Waals surface area contributed by atoms with Crippen LogP contribution >= 0.6 is 0 Å². The minimum absolute atomic E-state index is 0.00927. The van der Waals surface area contributed by atoms with Crippen LogP contribution < -0.4 is 0 Å². The lowest BCUT2D eigenvalue weighted by Crippen LogP contribution is -2.53. The number of carbonyl (C=O) groups is 1. The average molecular weight is 332 g/mol. The average Bonchev–Trinajstić information content (AvgIpc) is 2.92. The molecule has 134 valence electrons. The molecule has 0 amide bonds. The molecule has 0 heterocycles. The second-order valence-corrected chi connectivity index (χ2v) is 9.41. The molecule has 2 N–H and O–H groups in total. The number of fused-ring (bicyclic) bond motifs is 5. The van der Waals surface area contributed by atoms with Gasteiger partial charge >= 0.3 is 0 Å². The number of carbonyl (C=O) groups excluding carboxylic acids is 1. The van der Waals surface area contributed by atoms with Crippen molar-refractivity contribution in [3.63, 3.8) is 0 Å². The summed E-state index contributed by atoms with van der Waals surface area (Å²) >= 11 is 0. The molecule has 4 rings (SSSR count). The van der Waals surface area contributed by atoms with Gasteiger partial charge in [-0.15, -0.1) is 0 Å². The van der Waals surface area contributed by atoms with Crippen LogP contribution in [0.15, 0.2) is 11.6 Å². The number of allylic oxidation sites excluding steroid dienone is 2. The van der Waals surface area contributed by atoms with Gasteiger partial charge < -0.3 is 10.2 Å². The second-order valence-electron chi connectivity index (χ2n) is 9.41. The van der Waals surface area contributed by atoms with Gasteiger partial charge in [-0.05, 0) is 79.6 Å². The van der Waals surface area contributed by atoms with E-state index in [-0.39, 0.29) is 29.3 Å². The van der Waals surface area contributed by atoms with Gasteiger partial charge in [0.25, 0.3) is 0 Å². The molecule has 3 fully saturated rings. The van der Waals surface area contributed by atoms with Crippen molar-refractivity contribution >= 4 is 5.78 Å². The van der Waals surface area contributed by atoms with Crippen LogP contribution in [0.3, 0.4) is 0 Å². The molecular formula is C21H32O3. The standard InChI is InChI=1S/C21H32O3/c1-20-9-4-3-5-13(20)11-17(23)19-15-7-6-14(18(24)12-22)21(15,2)10-8-16(19)20/h11,14-16,18-19,22,24H,3-10,12H2,1-2H3/t14?,15-,16+,18?,19-,20-,21+/m0/s1. The first-order valence-electron chi connectivity index (χ1n) is 9.95. The summed E-state index contributed by atoms with van der Waals surface area (Å²) in [7, 11) is 0. The summed E-state index contributed by atoms with van der Waals surface area (Å²) in [4.78, 5) is 13.1. The Morgan fingerprint density at radius 2 is 1.96 bits per heavy atom. The van der Waals surface area contributed by atoms with Crippen LogP contribution in [0.2, 0.25) is 0 Å². The molecule has 7 atom stereocenters. The Bertz CT molecular complexity index is 567. The van der Waals surface area contributed by atoms with E-state index >= 15 is 0 Å². The Balaban J connectivity index is 1.70. The van der Waals surface area contributed by atoms with E-state index in [2.05, 4.69) is 13.8 Å². The van der Waals surface area contributed by atoms with Gasteiger partial charge in [-0.25, -0.2) is 0 Å². The molecule has 3 nitrogen and oxygen atoms in total. The number of ketones is 1. The molecule has 0 spiro atoms. The van der Waals surface area contributed by atoms with E-state index in [1.165, 1.54) is 24.8 Å². The minimum atomic E-state index is -0.633. The SMILES string of the molecule is C[C@]12CCCCC1=CC(=O)[C@@H]1[C@H]2CC[C@]2(C)C(C(O)CO)CC[C@@H]12. The largest absolute Gasteiger partial charge is 0.394 e. The summed E-state index contributed by atoms with van der Waals surface area (Å²) in [6.45, 7) is 4.54. The molecule has 0 aliphatic heterocycles. The van der Waals surface area contributed by atoms with Crippen LogP contribution in [0, 0.1) is 34.5 Å². The highest BCUT2D eigenvalue weighted by Gasteiger charge is 2.61. The third-order valence-electron chi connectivity index (χ3n) is 8.58. The van der Waals surface area contributed by atoms with Gasteiger partial charge in [-0.3, -0.25) is 4.79 Å². The molecule has 0 saturated heterocycles. The van der Waals surface area contributed by atoms with Crippen LogP contribution in [0.25, 0.3) is 0 Å². The van der Waals surface area contributed by atoms with Crippen LogP contribution in [-0.2, 0) is 4.79 Å². The normalized spacial score (nSPS) is 49.0. The zero-order valence-electron chi connectivity index (χ0n) is 15.1. The second kappa shape index (κ2) is 5.67. The highest BCUT2D eigenvalue weighted by Crippen LogP contribution is 2.65. The van der Waals surface area contributed by atoms with Crippen molar-refractivity contribution in [3.8, 4) is 0 Å². The van der Waals surface area contributed by atoms with E-state index in [1.807, 2.05) is 6.08 Å². The molecule has 0 bridgehead atoms. The fourth-order valence-electron chi connectivity index (χ4n) is 7.23. The monoisotopic (exact) mass is 332 g/mol. The number of aliphatic hydroxyl groups excluding tert-OH is 2. The Labute approximate surface area is 145 Å². The van der Waals surface area contributed by atoms with Crippen LogP contribution in [0.4, 0.5) is 0 Å². The summed E-state index contributed by atoms with van der Waals surface area (Å²) in [6.07, 6.45) is 10.4. The van der Waals surface area contributed by atoms with Gasteiger partial charge in [0, 0.05) is 5.92 Å². The quantitative estimate of drug-likeness (QED) is 0.814. The van der Waals surface area contributed by atoms with Crippen LogP contribution in [0.1, 0.15) is 65.2 Å². The molecule has 4 aliphatic carbocycles. The first kappa shape index (κ1) is 16.8. The maximum Gasteiger partial charge on any atom is 0.159 e. The van der Waals surface area contributed by atoms with Crippen LogP contribution in [0.5, 0.6) is 0 Å². The third-order valence-corrected chi connectivity index (χ3v) is 8.58. The summed E-state index contributed by atoms with van der Waals surface area (Å²) in [6, 6.07) is 0. The molecule has 3 saturated carbocycles. The summed E-state index contributed by atoms with van der Waals surface area (Å²) in [5.41, 5.74) is 1.66. The van der Waals surface area contributed by atoms with Crippen LogP contribution in [-0.4, -0.2) is 28.7 Å². The molecule has 0 aromatic carbocycles. The first-order chi connectivity index (χ1) is 11.4. The Kier molecular flexibility index (Phi) is 3.96. The Morgan fingerprint density at radius 3 is 2.71 bits per heavy atom. The number of aliphatic hydroxyl groups is 2. The van der Waals surface area contributed by atoms with Gasteiger partial charge in [0.1, 0.15) is 0 Å². The van der Waals surface area contributed by atoms with E-state index < -0.39 is 6.10 Å². The van der Waals surface area contributed by atoms with Gasteiger partial charge in [-0.2, -0.15) is 0 Å². The number of rotatable bonds is 2. The maximum absolute atomic E-state index is 13.1. The molecule has 0 aromatic rings. The minimum Gasteiger partial charge on any atom is -0.394 e. The topological polar surface area (TPSA) is 57.5 Å². The summed E-state index contributed by atoms with van der Waals surface area (Å²) in [5, 5.41) is 19.8. The predicted molar refractivity (Wildman–Crippen MR) is 93.3 cm³/mol. The zero-order chi connectivity index (χ0) is 17.1.